The molecule has 0 fully saturated rings. The van der Waals surface area contributed by atoms with Gasteiger partial charge < -0.3 is 9.15 Å². The smallest absolute Gasteiger partial charge is 0.204 e. The first-order valence-corrected chi connectivity index (χ1v) is 3.82. The Morgan fingerprint density at radius 3 is 3.00 bits per heavy atom. The lowest BCUT2D eigenvalue weighted by Gasteiger charge is -1.97. The van der Waals surface area contributed by atoms with Crippen molar-refractivity contribution in [3.63, 3.8) is 0 Å². The van der Waals surface area contributed by atoms with E-state index >= 15 is 0 Å². The molecule has 64 valence electrons. The molecule has 0 atom stereocenters. The van der Waals surface area contributed by atoms with Crippen molar-refractivity contribution < 1.29 is 9.15 Å². The largest absolute Gasteiger partial charge is 0.493 e. The molecule has 3 nitrogen and oxygen atoms in total. The van der Waals surface area contributed by atoms with E-state index in [-0.39, 0.29) is 0 Å². The molecule has 1 aromatic carbocycles. The van der Waals surface area contributed by atoms with Crippen molar-refractivity contribution >= 4 is 11.0 Å². The number of nitrogens with zero attached hydrogens (tertiary/aromatic N) is 1. The van der Waals surface area contributed by atoms with Crippen LogP contribution in [-0.4, -0.2) is 7.11 Å². The van der Waals surface area contributed by atoms with Crippen LogP contribution in [0.4, 0.5) is 0 Å². The molecule has 1 heterocycles. The lowest BCUT2D eigenvalue weighted by Crippen LogP contribution is -1.81. The van der Waals surface area contributed by atoms with Gasteiger partial charge in [0.05, 0.1) is 7.11 Å². The summed E-state index contributed by atoms with van der Waals surface area (Å²) in [5, 5.41) is 9.50. The summed E-state index contributed by atoms with van der Waals surface area (Å²) in [4.78, 5) is 0. The average Bonchev–Trinajstić information content (AvgIpc) is 2.59. The molecule has 0 amide bonds. The van der Waals surface area contributed by atoms with Crippen LogP contribution in [0.3, 0.4) is 0 Å². The van der Waals surface area contributed by atoms with E-state index in [0.29, 0.717) is 17.1 Å². The number of nitriles is 1. The van der Waals surface area contributed by atoms with Gasteiger partial charge >= 0.3 is 0 Å². The summed E-state index contributed by atoms with van der Waals surface area (Å²) >= 11 is 0. The minimum absolute atomic E-state index is 0.305. The lowest BCUT2D eigenvalue weighted by atomic mass is 10.2. The van der Waals surface area contributed by atoms with E-state index in [1.54, 1.807) is 19.2 Å². The molecular weight excluding hydrogens is 166 g/mol. The number of hydrogen-bond acceptors (Lipinski definition) is 3. The molecule has 0 aliphatic carbocycles. The van der Waals surface area contributed by atoms with Crippen LogP contribution in [0.5, 0.6) is 5.75 Å². The van der Waals surface area contributed by atoms with Gasteiger partial charge in [-0.1, -0.05) is 12.1 Å². The van der Waals surface area contributed by atoms with Crippen molar-refractivity contribution in [2.45, 2.75) is 0 Å². The third kappa shape index (κ3) is 1.13. The molecule has 0 bridgehead atoms. The lowest BCUT2D eigenvalue weighted by molar-refractivity contribution is 0.409. The SMILES string of the molecule is COc1cccc2cc(C#N)oc12. The van der Waals surface area contributed by atoms with Crippen molar-refractivity contribution in [2.24, 2.45) is 0 Å². The van der Waals surface area contributed by atoms with Gasteiger partial charge in [0.1, 0.15) is 6.07 Å². The Labute approximate surface area is 75.1 Å². The highest BCUT2D eigenvalue weighted by atomic mass is 16.5. The van der Waals surface area contributed by atoms with E-state index in [1.165, 1.54) is 0 Å². The van der Waals surface area contributed by atoms with Gasteiger partial charge in [0.15, 0.2) is 11.3 Å². The summed E-state index contributed by atoms with van der Waals surface area (Å²) in [5.74, 6) is 0.957. The molecule has 0 aliphatic heterocycles. The maximum Gasteiger partial charge on any atom is 0.204 e. The number of rotatable bonds is 1. The molecule has 13 heavy (non-hydrogen) atoms. The second-order valence-electron chi connectivity index (χ2n) is 2.60. The Hall–Kier alpha value is -1.95. The Morgan fingerprint density at radius 1 is 1.46 bits per heavy atom. The first-order valence-electron chi connectivity index (χ1n) is 3.82. The molecule has 2 rings (SSSR count). The molecule has 0 spiro atoms. The molecule has 0 radical (unpaired) electrons. The number of furan rings is 1. The number of para-hydroxylation sites is 1. The minimum atomic E-state index is 0.305. The fourth-order valence-electron chi connectivity index (χ4n) is 1.25. The molecular formula is C10H7NO2. The van der Waals surface area contributed by atoms with Gasteiger partial charge in [-0.3, -0.25) is 0 Å². The van der Waals surface area contributed by atoms with Gasteiger partial charge in [-0.2, -0.15) is 5.26 Å². The van der Waals surface area contributed by atoms with Gasteiger partial charge in [-0.25, -0.2) is 0 Å². The number of fused-ring (bicyclic) bond motifs is 1. The van der Waals surface area contributed by atoms with Gasteiger partial charge in [0, 0.05) is 11.5 Å². The number of ether oxygens (including phenoxy) is 1. The standard InChI is InChI=1S/C10H7NO2/c1-12-9-4-2-3-7-5-8(6-11)13-10(7)9/h2-5H,1H3. The van der Waals surface area contributed by atoms with Crippen molar-refractivity contribution in [2.75, 3.05) is 7.11 Å². The zero-order valence-electron chi connectivity index (χ0n) is 7.07. The predicted molar refractivity (Wildman–Crippen MR) is 47.5 cm³/mol. The average molecular weight is 173 g/mol. The van der Waals surface area contributed by atoms with Gasteiger partial charge in [0.2, 0.25) is 5.76 Å². The predicted octanol–water partition coefficient (Wildman–Crippen LogP) is 2.31. The van der Waals surface area contributed by atoms with Crippen LogP contribution in [0.25, 0.3) is 11.0 Å². The summed E-state index contributed by atoms with van der Waals surface area (Å²) in [7, 11) is 1.57. The molecule has 0 saturated carbocycles. The van der Waals surface area contributed by atoms with E-state index in [0.717, 1.165) is 5.39 Å². The van der Waals surface area contributed by atoms with Crippen LogP contribution >= 0.6 is 0 Å². The molecule has 1 aromatic heterocycles. The third-order valence-corrected chi connectivity index (χ3v) is 1.84. The Morgan fingerprint density at radius 2 is 2.31 bits per heavy atom. The highest BCUT2D eigenvalue weighted by Crippen LogP contribution is 2.27. The van der Waals surface area contributed by atoms with Crippen molar-refractivity contribution in [1.82, 2.24) is 0 Å². The van der Waals surface area contributed by atoms with Gasteiger partial charge in [0.25, 0.3) is 0 Å². The molecule has 3 heteroatoms. The van der Waals surface area contributed by atoms with Crippen LogP contribution in [0, 0.1) is 11.3 Å². The van der Waals surface area contributed by atoms with Gasteiger partial charge in [-0.15, -0.1) is 0 Å². The van der Waals surface area contributed by atoms with E-state index in [9.17, 15) is 0 Å². The summed E-state index contributed by atoms with van der Waals surface area (Å²) in [6.45, 7) is 0. The summed E-state index contributed by atoms with van der Waals surface area (Å²) in [6, 6.07) is 9.17. The molecule has 0 unspecified atom stereocenters. The Kier molecular flexibility index (Phi) is 1.67. The highest BCUT2D eigenvalue weighted by Gasteiger charge is 2.06. The normalized spacial score (nSPS) is 9.85. The van der Waals surface area contributed by atoms with Crippen LogP contribution < -0.4 is 4.74 Å². The summed E-state index contributed by atoms with van der Waals surface area (Å²) < 4.78 is 10.3. The van der Waals surface area contributed by atoms with Crippen LogP contribution in [0.1, 0.15) is 5.76 Å². The van der Waals surface area contributed by atoms with Crippen molar-refractivity contribution in [3.8, 4) is 11.8 Å². The molecule has 0 aliphatic rings. The number of hydrogen-bond donors (Lipinski definition) is 0. The van der Waals surface area contributed by atoms with Gasteiger partial charge in [-0.05, 0) is 6.07 Å². The van der Waals surface area contributed by atoms with E-state index < -0.39 is 0 Å². The second kappa shape index (κ2) is 2.83. The maximum atomic E-state index is 8.62. The second-order valence-corrected chi connectivity index (χ2v) is 2.60. The molecule has 0 saturated heterocycles. The highest BCUT2D eigenvalue weighted by molar-refractivity contribution is 5.84. The topological polar surface area (TPSA) is 46.2 Å². The fraction of sp³-hybridized carbons (Fsp3) is 0.100. The molecule has 2 aromatic rings. The zero-order valence-corrected chi connectivity index (χ0v) is 7.07. The third-order valence-electron chi connectivity index (χ3n) is 1.84. The van der Waals surface area contributed by atoms with Crippen LogP contribution in [0.2, 0.25) is 0 Å². The monoisotopic (exact) mass is 173 g/mol. The first-order chi connectivity index (χ1) is 6.35. The van der Waals surface area contributed by atoms with Crippen LogP contribution in [0.15, 0.2) is 28.7 Å². The fourth-order valence-corrected chi connectivity index (χ4v) is 1.25. The minimum Gasteiger partial charge on any atom is -0.493 e. The van der Waals surface area contributed by atoms with Crippen molar-refractivity contribution in [3.05, 3.63) is 30.0 Å². The maximum absolute atomic E-state index is 8.62. The van der Waals surface area contributed by atoms with E-state index in [2.05, 4.69) is 0 Å². The van der Waals surface area contributed by atoms with E-state index in [4.69, 9.17) is 14.4 Å². The number of methoxy groups -OCH3 is 1. The summed E-state index contributed by atoms with van der Waals surface area (Å²) in [6.07, 6.45) is 0. The van der Waals surface area contributed by atoms with E-state index in [1.807, 2.05) is 18.2 Å². The first kappa shape index (κ1) is 7.69. The van der Waals surface area contributed by atoms with Crippen molar-refractivity contribution in [1.29, 1.82) is 5.26 Å². The number of benzene rings is 1. The molecule has 0 N–H and O–H groups in total. The zero-order chi connectivity index (χ0) is 9.26. The van der Waals surface area contributed by atoms with Crippen LogP contribution in [-0.2, 0) is 0 Å². The summed E-state index contributed by atoms with van der Waals surface area (Å²) in [5.41, 5.74) is 0.626. The Balaban J connectivity index is 2.76. The Bertz CT molecular complexity index is 479. The quantitative estimate of drug-likeness (QED) is 0.664.